The molecule has 1 saturated heterocycles. The van der Waals surface area contributed by atoms with E-state index in [4.69, 9.17) is 14.2 Å². The summed E-state index contributed by atoms with van der Waals surface area (Å²) >= 11 is 0. The third-order valence-electron chi connectivity index (χ3n) is 6.84. The Balaban J connectivity index is 1.43. The van der Waals surface area contributed by atoms with E-state index in [2.05, 4.69) is 0 Å². The second kappa shape index (κ2) is 11.8. The maximum atomic E-state index is 11.2. The molecule has 4 aromatic carbocycles. The summed E-state index contributed by atoms with van der Waals surface area (Å²) in [4.78, 5) is 0. The van der Waals surface area contributed by atoms with Crippen LogP contribution in [0.4, 0.5) is 0 Å². The maximum absolute atomic E-state index is 11.2. The fourth-order valence-electron chi connectivity index (χ4n) is 4.97. The van der Waals surface area contributed by atoms with E-state index in [0.29, 0.717) is 6.61 Å². The Morgan fingerprint density at radius 2 is 1.14 bits per heavy atom. The van der Waals surface area contributed by atoms with Gasteiger partial charge in [-0.15, -0.1) is 0 Å². The van der Waals surface area contributed by atoms with Crippen molar-refractivity contribution in [2.75, 3.05) is 6.61 Å². The topological polar surface area (TPSA) is 68.2 Å². The lowest BCUT2D eigenvalue weighted by Crippen LogP contribution is -2.52. The first-order valence-electron chi connectivity index (χ1n) is 12.6. The Kier molecular flexibility index (Phi) is 8.09. The maximum Gasteiger partial charge on any atom is 0.157 e. The second-order valence-corrected chi connectivity index (χ2v) is 9.28. The lowest BCUT2D eigenvalue weighted by atomic mass is 9.80. The van der Waals surface area contributed by atoms with E-state index in [1.807, 2.05) is 121 Å². The Bertz CT molecular complexity index is 1120. The molecule has 190 valence electrons. The molecule has 0 spiro atoms. The van der Waals surface area contributed by atoms with Crippen molar-refractivity contribution < 1.29 is 24.4 Å². The second-order valence-electron chi connectivity index (χ2n) is 9.28. The van der Waals surface area contributed by atoms with E-state index in [1.54, 1.807) is 0 Å². The molecule has 0 saturated carbocycles. The van der Waals surface area contributed by atoms with Crippen LogP contribution in [-0.2, 0) is 26.4 Å². The smallest absolute Gasteiger partial charge is 0.157 e. The molecular weight excluding hydrogens is 464 g/mol. The summed E-state index contributed by atoms with van der Waals surface area (Å²) in [6.45, 7) is 0.382. The molecule has 5 nitrogen and oxygen atoms in total. The molecule has 2 N–H and O–H groups in total. The van der Waals surface area contributed by atoms with Gasteiger partial charge >= 0.3 is 0 Å². The average Bonchev–Trinajstić information content (AvgIpc) is 2.96. The van der Waals surface area contributed by atoms with E-state index in [-0.39, 0.29) is 13.0 Å². The van der Waals surface area contributed by atoms with Crippen molar-refractivity contribution in [2.24, 2.45) is 0 Å². The Hall–Kier alpha value is -3.32. The van der Waals surface area contributed by atoms with Gasteiger partial charge in [0.05, 0.1) is 19.3 Å². The van der Waals surface area contributed by atoms with Crippen LogP contribution in [0.5, 0.6) is 0 Å². The van der Waals surface area contributed by atoms with Gasteiger partial charge < -0.3 is 24.4 Å². The summed E-state index contributed by atoms with van der Waals surface area (Å²) in [7, 11) is 0. The van der Waals surface area contributed by atoms with Gasteiger partial charge in [0.25, 0.3) is 0 Å². The number of rotatable bonds is 9. The standard InChI is InChI=1S/C32H32O5/c33-30-21-28(35-22-24-13-5-1-6-14-24)31(34)29(37-30)23-36-32(25-15-7-2-8-16-25,26-17-9-3-10-18-26)27-19-11-4-12-20-27/h1-20,28-31,33-34H,21-23H2/t28-,29+,30+,31-/m0/s1. The van der Waals surface area contributed by atoms with E-state index >= 15 is 0 Å². The van der Waals surface area contributed by atoms with Crippen LogP contribution in [0.2, 0.25) is 0 Å². The van der Waals surface area contributed by atoms with Gasteiger partial charge in [0.2, 0.25) is 0 Å². The minimum absolute atomic E-state index is 0.0438. The molecule has 5 rings (SSSR count). The summed E-state index contributed by atoms with van der Waals surface area (Å²) in [6, 6.07) is 39.9. The molecule has 37 heavy (non-hydrogen) atoms. The van der Waals surface area contributed by atoms with Crippen LogP contribution in [0.1, 0.15) is 28.7 Å². The van der Waals surface area contributed by atoms with Crippen LogP contribution in [0.3, 0.4) is 0 Å². The van der Waals surface area contributed by atoms with Gasteiger partial charge in [0, 0.05) is 6.42 Å². The minimum atomic E-state index is -1.06. The average molecular weight is 497 g/mol. The van der Waals surface area contributed by atoms with Crippen LogP contribution in [0.15, 0.2) is 121 Å². The molecule has 0 bridgehead atoms. The summed E-state index contributed by atoms with van der Waals surface area (Å²) in [5.74, 6) is 0. The van der Waals surface area contributed by atoms with Crippen LogP contribution in [-0.4, -0.2) is 41.4 Å². The highest BCUT2D eigenvalue weighted by atomic mass is 16.6. The summed E-state index contributed by atoms with van der Waals surface area (Å²) in [5.41, 5.74) is 2.91. The molecule has 0 amide bonds. The molecule has 1 aliphatic heterocycles. The highest BCUT2D eigenvalue weighted by Crippen LogP contribution is 2.41. The lowest BCUT2D eigenvalue weighted by molar-refractivity contribution is -0.257. The third-order valence-corrected chi connectivity index (χ3v) is 6.84. The monoisotopic (exact) mass is 496 g/mol. The fraction of sp³-hybridized carbons (Fsp3) is 0.250. The molecule has 0 aromatic heterocycles. The van der Waals surface area contributed by atoms with Gasteiger partial charge in [-0.3, -0.25) is 0 Å². The first-order chi connectivity index (χ1) is 18.2. The van der Waals surface area contributed by atoms with Gasteiger partial charge in [-0.1, -0.05) is 121 Å². The Morgan fingerprint density at radius 1 is 0.676 bits per heavy atom. The highest BCUT2D eigenvalue weighted by molar-refractivity contribution is 5.47. The first kappa shape index (κ1) is 25.3. The highest BCUT2D eigenvalue weighted by Gasteiger charge is 2.42. The van der Waals surface area contributed by atoms with Crippen molar-refractivity contribution in [2.45, 2.75) is 43.2 Å². The zero-order valence-corrected chi connectivity index (χ0v) is 20.6. The first-order valence-corrected chi connectivity index (χ1v) is 12.6. The van der Waals surface area contributed by atoms with Crippen molar-refractivity contribution >= 4 is 0 Å². The van der Waals surface area contributed by atoms with Gasteiger partial charge in [-0.2, -0.15) is 0 Å². The largest absolute Gasteiger partial charge is 0.388 e. The van der Waals surface area contributed by atoms with E-state index in [9.17, 15) is 10.2 Å². The van der Waals surface area contributed by atoms with Crippen molar-refractivity contribution in [3.63, 3.8) is 0 Å². The summed E-state index contributed by atoms with van der Waals surface area (Å²) in [5, 5.41) is 21.7. The van der Waals surface area contributed by atoms with Crippen LogP contribution in [0.25, 0.3) is 0 Å². The van der Waals surface area contributed by atoms with Gasteiger partial charge in [-0.25, -0.2) is 0 Å². The molecule has 1 fully saturated rings. The summed E-state index contributed by atoms with van der Waals surface area (Å²) < 4.78 is 18.6. The van der Waals surface area contributed by atoms with Crippen molar-refractivity contribution in [3.05, 3.63) is 144 Å². The predicted molar refractivity (Wildman–Crippen MR) is 142 cm³/mol. The zero-order valence-electron chi connectivity index (χ0n) is 20.6. The van der Waals surface area contributed by atoms with E-state index < -0.39 is 30.2 Å². The molecule has 1 heterocycles. The molecule has 4 aromatic rings. The van der Waals surface area contributed by atoms with Gasteiger partial charge in [-0.05, 0) is 22.3 Å². The van der Waals surface area contributed by atoms with Gasteiger partial charge in [0.15, 0.2) is 6.29 Å². The molecule has 0 aliphatic carbocycles. The van der Waals surface area contributed by atoms with Crippen molar-refractivity contribution in [1.82, 2.24) is 0 Å². The normalized spacial score (nSPS) is 22.0. The number of benzene rings is 4. The Morgan fingerprint density at radius 3 is 1.62 bits per heavy atom. The van der Waals surface area contributed by atoms with E-state index in [0.717, 1.165) is 22.3 Å². The quantitative estimate of drug-likeness (QED) is 0.318. The number of ether oxygens (including phenoxy) is 3. The number of aliphatic hydroxyl groups excluding tert-OH is 2. The van der Waals surface area contributed by atoms with Gasteiger partial charge in [0.1, 0.15) is 17.8 Å². The fourth-order valence-corrected chi connectivity index (χ4v) is 4.97. The molecule has 4 atom stereocenters. The molecule has 0 radical (unpaired) electrons. The number of hydrogen-bond donors (Lipinski definition) is 2. The number of aliphatic hydroxyl groups is 2. The van der Waals surface area contributed by atoms with Crippen LogP contribution in [0, 0.1) is 0 Å². The zero-order chi connectivity index (χ0) is 25.5. The lowest BCUT2D eigenvalue weighted by Gasteiger charge is -2.41. The molecule has 5 heteroatoms. The minimum Gasteiger partial charge on any atom is -0.388 e. The van der Waals surface area contributed by atoms with Crippen molar-refractivity contribution in [3.8, 4) is 0 Å². The predicted octanol–water partition coefficient (Wildman–Crippen LogP) is 5.05. The summed E-state index contributed by atoms with van der Waals surface area (Å²) in [6.07, 6.45) is -3.20. The SMILES string of the molecule is O[C@H]1[C@@H](OCc2ccccc2)C[C@H](O)O[C@@H]1COC(c1ccccc1)(c1ccccc1)c1ccccc1. The van der Waals surface area contributed by atoms with E-state index in [1.165, 1.54) is 0 Å². The van der Waals surface area contributed by atoms with Crippen LogP contribution < -0.4 is 0 Å². The molecular formula is C32H32O5. The Labute approximate surface area is 217 Å². The molecule has 0 unspecified atom stereocenters. The third kappa shape index (κ3) is 5.67. The molecule has 1 aliphatic rings. The van der Waals surface area contributed by atoms with Crippen molar-refractivity contribution in [1.29, 1.82) is 0 Å². The number of hydrogen-bond acceptors (Lipinski definition) is 5. The van der Waals surface area contributed by atoms with Crippen LogP contribution >= 0.6 is 0 Å².